The van der Waals surface area contributed by atoms with Crippen molar-refractivity contribution in [2.75, 3.05) is 13.1 Å². The number of aromatic nitrogens is 2. The second-order valence-corrected chi connectivity index (χ2v) is 7.34. The monoisotopic (exact) mass is 387 g/mol. The summed E-state index contributed by atoms with van der Waals surface area (Å²) >= 11 is 6.03. The largest absolute Gasteiger partial charge is 0.452 e. The molecule has 25 heavy (non-hydrogen) atoms. The Bertz CT molecular complexity index is 862. The first-order chi connectivity index (χ1) is 11.8. The number of aryl methyl sites for hydroxylation is 1. The van der Waals surface area contributed by atoms with E-state index < -0.39 is 16.0 Å². The molecule has 0 amide bonds. The Morgan fingerprint density at radius 1 is 1.28 bits per heavy atom. The molecule has 0 aliphatic carbocycles. The fourth-order valence-electron chi connectivity index (χ4n) is 2.14. The average Bonchev–Trinajstić information content (AvgIpc) is 2.99. The van der Waals surface area contributed by atoms with Crippen molar-refractivity contribution in [2.45, 2.75) is 32.3 Å². The van der Waals surface area contributed by atoms with E-state index in [-0.39, 0.29) is 28.0 Å². The molecule has 10 heteroatoms. The van der Waals surface area contributed by atoms with Gasteiger partial charge in [-0.1, -0.05) is 25.4 Å². The summed E-state index contributed by atoms with van der Waals surface area (Å²) in [6.07, 6.45) is 0. The highest BCUT2D eigenvalue weighted by atomic mass is 35.5. The third-order valence-corrected chi connectivity index (χ3v) is 5.92. The Labute approximate surface area is 150 Å². The van der Waals surface area contributed by atoms with Crippen LogP contribution in [0.2, 0.25) is 5.02 Å². The number of benzene rings is 1. The van der Waals surface area contributed by atoms with Crippen LogP contribution in [0, 0.1) is 6.92 Å². The molecule has 1 aromatic carbocycles. The van der Waals surface area contributed by atoms with Crippen LogP contribution in [-0.4, -0.2) is 42.0 Å². The topological polar surface area (TPSA) is 103 Å². The molecule has 0 radical (unpaired) electrons. The van der Waals surface area contributed by atoms with Crippen molar-refractivity contribution in [3.05, 3.63) is 40.6 Å². The highest BCUT2D eigenvalue weighted by molar-refractivity contribution is 7.89. The summed E-state index contributed by atoms with van der Waals surface area (Å²) in [5.74, 6) is -0.218. The van der Waals surface area contributed by atoms with Gasteiger partial charge in [-0.2, -0.15) is 4.31 Å². The van der Waals surface area contributed by atoms with E-state index in [0.717, 1.165) is 0 Å². The Morgan fingerprint density at radius 2 is 1.96 bits per heavy atom. The minimum Gasteiger partial charge on any atom is -0.452 e. The smallest absolute Gasteiger partial charge is 0.338 e. The molecule has 136 valence electrons. The maximum Gasteiger partial charge on any atom is 0.338 e. The molecule has 0 N–H and O–H groups in total. The Balaban J connectivity index is 2.24. The van der Waals surface area contributed by atoms with Gasteiger partial charge in [-0.15, -0.1) is 10.2 Å². The van der Waals surface area contributed by atoms with Gasteiger partial charge in [0.15, 0.2) is 6.61 Å². The Kier molecular flexibility index (Phi) is 6.15. The predicted octanol–water partition coefficient (Wildman–Crippen LogP) is 2.42. The third kappa shape index (κ3) is 4.36. The maximum absolute atomic E-state index is 12.6. The van der Waals surface area contributed by atoms with Crippen LogP contribution in [-0.2, 0) is 21.4 Å². The van der Waals surface area contributed by atoms with Crippen LogP contribution < -0.4 is 0 Å². The van der Waals surface area contributed by atoms with Gasteiger partial charge in [-0.3, -0.25) is 0 Å². The van der Waals surface area contributed by atoms with Crippen LogP contribution in [0.25, 0.3) is 0 Å². The highest BCUT2D eigenvalue weighted by Gasteiger charge is 2.26. The summed E-state index contributed by atoms with van der Waals surface area (Å²) in [5, 5.41) is 7.37. The second-order valence-electron chi connectivity index (χ2n) is 5.03. The van der Waals surface area contributed by atoms with Gasteiger partial charge in [-0.05, 0) is 18.2 Å². The zero-order valence-electron chi connectivity index (χ0n) is 14.0. The zero-order valence-corrected chi connectivity index (χ0v) is 15.6. The molecule has 0 saturated heterocycles. The van der Waals surface area contributed by atoms with Crippen molar-refractivity contribution in [3.63, 3.8) is 0 Å². The summed E-state index contributed by atoms with van der Waals surface area (Å²) in [6.45, 7) is 5.43. The normalized spacial score (nSPS) is 11.7. The molecule has 0 bridgehead atoms. The molecule has 0 saturated carbocycles. The number of carbonyl (C=O) groups is 1. The molecule has 0 fully saturated rings. The predicted molar refractivity (Wildman–Crippen MR) is 89.7 cm³/mol. The first kappa shape index (κ1) is 19.4. The standard InChI is InChI=1S/C15H18ClN3O5S/c1-4-19(5-2)25(21,22)13-8-11(6-7-12(13)16)15(20)23-9-14-18-17-10(3)24-14/h6-8H,4-5,9H2,1-3H3. The number of rotatable bonds is 7. The number of ether oxygens (including phenoxy) is 1. The minimum atomic E-state index is -3.80. The molecular formula is C15H18ClN3O5S. The van der Waals surface area contributed by atoms with Crippen LogP contribution in [0.3, 0.4) is 0 Å². The summed E-state index contributed by atoms with van der Waals surface area (Å²) in [5.41, 5.74) is 0.0615. The van der Waals surface area contributed by atoms with Crippen molar-refractivity contribution < 1.29 is 22.4 Å². The zero-order chi connectivity index (χ0) is 18.6. The summed E-state index contributed by atoms with van der Waals surface area (Å²) in [6, 6.07) is 3.95. The Morgan fingerprint density at radius 3 is 2.52 bits per heavy atom. The number of hydrogen-bond acceptors (Lipinski definition) is 7. The van der Waals surface area contributed by atoms with Crippen LogP contribution in [0.15, 0.2) is 27.5 Å². The molecule has 0 spiro atoms. The fraction of sp³-hybridized carbons (Fsp3) is 0.400. The van der Waals surface area contributed by atoms with Crippen LogP contribution in [0.5, 0.6) is 0 Å². The van der Waals surface area contributed by atoms with E-state index in [1.165, 1.54) is 22.5 Å². The van der Waals surface area contributed by atoms with E-state index in [4.69, 9.17) is 20.8 Å². The molecule has 1 heterocycles. The van der Waals surface area contributed by atoms with Gasteiger partial charge in [0.2, 0.25) is 15.9 Å². The van der Waals surface area contributed by atoms with Gasteiger partial charge in [0.25, 0.3) is 5.89 Å². The fourth-order valence-corrected chi connectivity index (χ4v) is 4.10. The van der Waals surface area contributed by atoms with Crippen molar-refractivity contribution in [1.29, 1.82) is 0 Å². The number of hydrogen-bond donors (Lipinski definition) is 0. The summed E-state index contributed by atoms with van der Waals surface area (Å²) in [4.78, 5) is 12.0. The number of esters is 1. The summed E-state index contributed by atoms with van der Waals surface area (Å²) < 4.78 is 36.7. The van der Waals surface area contributed by atoms with E-state index in [2.05, 4.69) is 10.2 Å². The van der Waals surface area contributed by atoms with Crippen molar-refractivity contribution in [1.82, 2.24) is 14.5 Å². The first-order valence-electron chi connectivity index (χ1n) is 7.55. The molecule has 0 atom stereocenters. The molecule has 2 aromatic rings. The van der Waals surface area contributed by atoms with Crippen molar-refractivity contribution in [2.24, 2.45) is 0 Å². The molecule has 8 nitrogen and oxygen atoms in total. The van der Waals surface area contributed by atoms with Gasteiger partial charge in [0.05, 0.1) is 10.6 Å². The highest BCUT2D eigenvalue weighted by Crippen LogP contribution is 2.26. The molecule has 2 rings (SSSR count). The number of carbonyl (C=O) groups excluding carboxylic acids is 1. The van der Waals surface area contributed by atoms with Crippen molar-refractivity contribution >= 4 is 27.6 Å². The van der Waals surface area contributed by atoms with Gasteiger partial charge in [0.1, 0.15) is 4.90 Å². The van der Waals surface area contributed by atoms with E-state index in [9.17, 15) is 13.2 Å². The summed E-state index contributed by atoms with van der Waals surface area (Å²) in [7, 11) is -3.80. The van der Waals surface area contributed by atoms with Crippen LogP contribution >= 0.6 is 11.6 Å². The van der Waals surface area contributed by atoms with Gasteiger partial charge < -0.3 is 9.15 Å². The van der Waals surface area contributed by atoms with E-state index >= 15 is 0 Å². The average molecular weight is 388 g/mol. The Hall–Kier alpha value is -1.97. The number of nitrogens with zero attached hydrogens (tertiary/aromatic N) is 3. The lowest BCUT2D eigenvalue weighted by molar-refractivity contribution is 0.0436. The SMILES string of the molecule is CCN(CC)S(=O)(=O)c1cc(C(=O)OCc2nnc(C)o2)ccc1Cl. The lowest BCUT2D eigenvalue weighted by atomic mass is 10.2. The lowest BCUT2D eigenvalue weighted by Crippen LogP contribution is -2.31. The maximum atomic E-state index is 12.6. The number of halogens is 1. The van der Waals surface area contributed by atoms with Gasteiger partial charge in [-0.25, -0.2) is 13.2 Å². The van der Waals surface area contributed by atoms with Gasteiger partial charge >= 0.3 is 5.97 Å². The van der Waals surface area contributed by atoms with E-state index in [0.29, 0.717) is 19.0 Å². The lowest BCUT2D eigenvalue weighted by Gasteiger charge is -2.19. The van der Waals surface area contributed by atoms with Crippen molar-refractivity contribution in [3.8, 4) is 0 Å². The number of sulfonamides is 1. The first-order valence-corrected chi connectivity index (χ1v) is 9.37. The van der Waals surface area contributed by atoms with E-state index in [1.807, 2.05) is 0 Å². The third-order valence-electron chi connectivity index (χ3n) is 3.38. The molecule has 0 aliphatic heterocycles. The van der Waals surface area contributed by atoms with Gasteiger partial charge in [0, 0.05) is 20.0 Å². The minimum absolute atomic E-state index is 0.0379. The quantitative estimate of drug-likeness (QED) is 0.672. The van der Waals surface area contributed by atoms with Crippen LogP contribution in [0.4, 0.5) is 0 Å². The van der Waals surface area contributed by atoms with E-state index in [1.54, 1.807) is 20.8 Å². The molecular weight excluding hydrogens is 370 g/mol. The van der Waals surface area contributed by atoms with Crippen LogP contribution in [0.1, 0.15) is 36.0 Å². The molecule has 1 aromatic heterocycles. The molecule has 0 aliphatic rings. The second kappa shape index (κ2) is 7.94. The molecule has 0 unspecified atom stereocenters.